The second-order valence-corrected chi connectivity index (χ2v) is 8.76. The Hall–Kier alpha value is -4.15. The number of carbonyl (C=O) groups excluding carboxylic acids is 1. The summed E-state index contributed by atoms with van der Waals surface area (Å²) in [5.74, 6) is 1.95. The van der Waals surface area contributed by atoms with Crippen molar-refractivity contribution in [2.24, 2.45) is 0 Å². The number of hydrogen-bond donors (Lipinski definition) is 3. The van der Waals surface area contributed by atoms with E-state index in [-0.39, 0.29) is 18.0 Å². The van der Waals surface area contributed by atoms with Crippen LogP contribution in [0.5, 0.6) is 11.5 Å². The number of hydrogen-bond acceptors (Lipinski definition) is 9. The number of carbonyl (C=O) groups is 1. The molecule has 196 valence electrons. The first kappa shape index (κ1) is 26.9. The van der Waals surface area contributed by atoms with Crippen LogP contribution in [-0.2, 0) is 19.6 Å². The molecule has 0 unspecified atom stereocenters. The molecule has 0 aliphatic heterocycles. The van der Waals surface area contributed by atoms with Crippen LogP contribution >= 0.6 is 23.2 Å². The monoisotopic (exact) mass is 553 g/mol. The molecule has 3 N–H and O–H groups in total. The lowest BCUT2D eigenvalue weighted by Crippen LogP contribution is -2.25. The van der Waals surface area contributed by atoms with Crippen molar-refractivity contribution in [1.82, 2.24) is 25.3 Å². The van der Waals surface area contributed by atoms with E-state index in [4.69, 9.17) is 32.7 Å². The number of benzene rings is 2. The topological polar surface area (TPSA) is 123 Å². The maximum atomic E-state index is 13.0. The molecule has 2 heterocycles. The van der Waals surface area contributed by atoms with Crippen molar-refractivity contribution in [3.05, 3.63) is 93.6 Å². The first-order valence-corrected chi connectivity index (χ1v) is 12.3. The molecule has 0 fully saturated rings. The molecule has 0 radical (unpaired) electrons. The standard InChI is InChI=1S/C26H25Cl2N7O3/c1-37-21-6-4-16(10-19(21)27)12-31-24-18(25(36)32-15-23-29-8-3-9-30-23)14-34-26(35-24)33-13-17-5-7-22(38-2)20(28)11-17/h3-11,14H,12-13,15H2,1-2H3,(H,32,36)(H2,31,33,34,35). The molecule has 10 nitrogen and oxygen atoms in total. The molecule has 0 spiro atoms. The molecule has 2 aromatic heterocycles. The molecule has 4 rings (SSSR count). The Balaban J connectivity index is 1.52. The first-order chi connectivity index (χ1) is 18.5. The van der Waals surface area contributed by atoms with Crippen molar-refractivity contribution < 1.29 is 14.3 Å². The fourth-order valence-corrected chi connectivity index (χ4v) is 4.01. The van der Waals surface area contributed by atoms with Crippen molar-refractivity contribution in [1.29, 1.82) is 0 Å². The summed E-state index contributed by atoms with van der Waals surface area (Å²) in [5.41, 5.74) is 2.05. The number of amides is 1. The Kier molecular flexibility index (Phi) is 9.12. The summed E-state index contributed by atoms with van der Waals surface area (Å²) in [6.45, 7) is 0.926. The third kappa shape index (κ3) is 6.99. The van der Waals surface area contributed by atoms with Crippen molar-refractivity contribution in [3.8, 4) is 11.5 Å². The van der Waals surface area contributed by atoms with Gasteiger partial charge in [0.1, 0.15) is 28.7 Å². The van der Waals surface area contributed by atoms with Crippen LogP contribution in [0.25, 0.3) is 0 Å². The van der Waals surface area contributed by atoms with E-state index in [2.05, 4.69) is 35.9 Å². The van der Waals surface area contributed by atoms with Crippen molar-refractivity contribution in [3.63, 3.8) is 0 Å². The van der Waals surface area contributed by atoms with Gasteiger partial charge in [0.15, 0.2) is 0 Å². The Morgan fingerprint density at radius 1 is 0.842 bits per heavy atom. The highest BCUT2D eigenvalue weighted by Crippen LogP contribution is 2.26. The van der Waals surface area contributed by atoms with Gasteiger partial charge in [-0.2, -0.15) is 4.98 Å². The zero-order valence-corrected chi connectivity index (χ0v) is 22.2. The number of nitrogens with zero attached hydrogens (tertiary/aromatic N) is 4. The second-order valence-electron chi connectivity index (χ2n) is 7.95. The van der Waals surface area contributed by atoms with E-state index >= 15 is 0 Å². The summed E-state index contributed by atoms with van der Waals surface area (Å²) in [7, 11) is 3.12. The Labute approximate surface area is 229 Å². The van der Waals surface area contributed by atoms with Gasteiger partial charge in [-0.15, -0.1) is 0 Å². The van der Waals surface area contributed by atoms with E-state index in [0.717, 1.165) is 11.1 Å². The number of ether oxygens (including phenoxy) is 2. The average Bonchev–Trinajstić information content (AvgIpc) is 2.94. The molecule has 0 saturated heterocycles. The van der Waals surface area contributed by atoms with Gasteiger partial charge in [0.2, 0.25) is 5.95 Å². The van der Waals surface area contributed by atoms with Gasteiger partial charge >= 0.3 is 0 Å². The molecule has 4 aromatic rings. The predicted molar refractivity (Wildman–Crippen MR) is 146 cm³/mol. The zero-order chi connectivity index (χ0) is 26.9. The molecular weight excluding hydrogens is 529 g/mol. The van der Waals surface area contributed by atoms with Crippen LogP contribution in [0.3, 0.4) is 0 Å². The van der Waals surface area contributed by atoms with Crippen LogP contribution in [0.2, 0.25) is 10.0 Å². The summed E-state index contributed by atoms with van der Waals surface area (Å²) in [5, 5.41) is 10.2. The third-order valence-electron chi connectivity index (χ3n) is 5.40. The van der Waals surface area contributed by atoms with Gasteiger partial charge in [0.05, 0.1) is 30.8 Å². The van der Waals surface area contributed by atoms with E-state index in [9.17, 15) is 4.79 Å². The largest absolute Gasteiger partial charge is 0.495 e. The van der Waals surface area contributed by atoms with E-state index in [1.807, 2.05) is 12.1 Å². The lowest BCUT2D eigenvalue weighted by molar-refractivity contribution is 0.0950. The highest BCUT2D eigenvalue weighted by atomic mass is 35.5. The van der Waals surface area contributed by atoms with Gasteiger partial charge in [-0.05, 0) is 41.5 Å². The van der Waals surface area contributed by atoms with Crippen LogP contribution in [0.4, 0.5) is 11.8 Å². The number of nitrogens with one attached hydrogen (secondary N) is 3. The minimum Gasteiger partial charge on any atom is -0.495 e. The Morgan fingerprint density at radius 3 is 2.03 bits per heavy atom. The van der Waals surface area contributed by atoms with Crippen LogP contribution in [0, 0.1) is 0 Å². The summed E-state index contributed by atoms with van der Waals surface area (Å²) in [6.07, 6.45) is 4.68. The Bertz CT molecular complexity index is 1410. The van der Waals surface area contributed by atoms with Gasteiger partial charge in [-0.3, -0.25) is 4.79 Å². The third-order valence-corrected chi connectivity index (χ3v) is 5.99. The second kappa shape index (κ2) is 12.9. The molecule has 0 aliphatic carbocycles. The van der Waals surface area contributed by atoms with Crippen molar-refractivity contribution in [2.75, 3.05) is 24.9 Å². The average molecular weight is 554 g/mol. The van der Waals surface area contributed by atoms with Crippen LogP contribution in [0.15, 0.2) is 61.1 Å². The molecule has 1 amide bonds. The quantitative estimate of drug-likeness (QED) is 0.241. The zero-order valence-electron chi connectivity index (χ0n) is 20.7. The summed E-state index contributed by atoms with van der Waals surface area (Å²) in [6, 6.07) is 12.6. The lowest BCUT2D eigenvalue weighted by atomic mass is 10.2. The van der Waals surface area contributed by atoms with Crippen molar-refractivity contribution in [2.45, 2.75) is 19.6 Å². The highest BCUT2D eigenvalue weighted by Gasteiger charge is 2.16. The summed E-state index contributed by atoms with van der Waals surface area (Å²) in [4.78, 5) is 30.1. The number of halogens is 2. The number of rotatable bonds is 11. The molecule has 12 heteroatoms. The summed E-state index contributed by atoms with van der Waals surface area (Å²) < 4.78 is 10.4. The molecule has 0 saturated carbocycles. The van der Waals surface area contributed by atoms with Crippen LogP contribution < -0.4 is 25.4 Å². The molecule has 2 aromatic carbocycles. The molecule has 38 heavy (non-hydrogen) atoms. The molecule has 0 aliphatic rings. The molecular formula is C26H25Cl2N7O3. The smallest absolute Gasteiger partial charge is 0.256 e. The summed E-state index contributed by atoms with van der Waals surface area (Å²) >= 11 is 12.5. The maximum absolute atomic E-state index is 13.0. The number of aromatic nitrogens is 4. The van der Waals surface area contributed by atoms with Crippen LogP contribution in [-0.4, -0.2) is 40.1 Å². The Morgan fingerprint density at radius 2 is 1.45 bits per heavy atom. The van der Waals surface area contributed by atoms with E-state index < -0.39 is 0 Å². The minimum absolute atomic E-state index is 0.158. The fourth-order valence-electron chi connectivity index (χ4n) is 3.45. The number of methoxy groups -OCH3 is 2. The normalized spacial score (nSPS) is 10.5. The predicted octanol–water partition coefficient (Wildman–Crippen LogP) is 4.74. The van der Waals surface area contributed by atoms with E-state index in [0.29, 0.717) is 52.2 Å². The van der Waals surface area contributed by atoms with Crippen LogP contribution in [0.1, 0.15) is 27.3 Å². The van der Waals surface area contributed by atoms with Gasteiger partial charge in [0.25, 0.3) is 5.91 Å². The van der Waals surface area contributed by atoms with Gasteiger partial charge in [-0.1, -0.05) is 35.3 Å². The lowest BCUT2D eigenvalue weighted by Gasteiger charge is -2.14. The first-order valence-electron chi connectivity index (χ1n) is 11.5. The maximum Gasteiger partial charge on any atom is 0.256 e. The van der Waals surface area contributed by atoms with Gasteiger partial charge in [0, 0.05) is 31.7 Å². The molecule has 0 atom stereocenters. The van der Waals surface area contributed by atoms with E-state index in [1.165, 1.54) is 6.20 Å². The van der Waals surface area contributed by atoms with Gasteiger partial charge < -0.3 is 25.4 Å². The van der Waals surface area contributed by atoms with Gasteiger partial charge in [-0.25, -0.2) is 15.0 Å². The fraction of sp³-hybridized carbons (Fsp3) is 0.192. The number of anilines is 2. The molecule has 0 bridgehead atoms. The SMILES string of the molecule is COc1ccc(CNc2ncc(C(=O)NCc3ncccn3)c(NCc3ccc(OC)c(Cl)c3)n2)cc1Cl. The van der Waals surface area contributed by atoms with Crippen molar-refractivity contribution >= 4 is 40.9 Å². The highest BCUT2D eigenvalue weighted by molar-refractivity contribution is 6.32. The van der Waals surface area contributed by atoms with E-state index in [1.54, 1.807) is 56.9 Å². The minimum atomic E-state index is -0.374.